The summed E-state index contributed by atoms with van der Waals surface area (Å²) in [5.41, 5.74) is 0. The van der Waals surface area contributed by atoms with Crippen LogP contribution in [-0.4, -0.2) is 55.5 Å². The summed E-state index contributed by atoms with van der Waals surface area (Å²) in [4.78, 5) is 0. The molecule has 0 bridgehead atoms. The lowest BCUT2D eigenvalue weighted by molar-refractivity contribution is 0.235. The Morgan fingerprint density at radius 3 is 1.12 bits per heavy atom. The van der Waals surface area contributed by atoms with Crippen molar-refractivity contribution in [3.63, 3.8) is 0 Å². The molecular formula is C25H74O4Si4. The quantitative estimate of drug-likeness (QED) is 0.282. The Morgan fingerprint density at radius 1 is 0.485 bits per heavy atom. The molecule has 33 heavy (non-hydrogen) atoms. The van der Waals surface area contributed by atoms with Gasteiger partial charge in [0.05, 0.1) is 0 Å². The van der Waals surface area contributed by atoms with Gasteiger partial charge in [0, 0.05) is 19.8 Å². The maximum absolute atomic E-state index is 5.93. The highest BCUT2D eigenvalue weighted by molar-refractivity contribution is 6.73. The normalized spacial score (nSPS) is 24.8. The van der Waals surface area contributed by atoms with E-state index in [2.05, 4.69) is 32.7 Å². The number of rotatable bonds is 0. The molecule has 3 fully saturated rings. The van der Waals surface area contributed by atoms with Gasteiger partial charge in [0.2, 0.25) is 0 Å². The minimum Gasteiger partial charge on any atom is -0.439 e. The van der Waals surface area contributed by atoms with Gasteiger partial charge in [-0.3, -0.25) is 0 Å². The van der Waals surface area contributed by atoms with Gasteiger partial charge in [0.15, 0.2) is 27.1 Å². The van der Waals surface area contributed by atoms with Gasteiger partial charge in [0.25, 0.3) is 0 Å². The van der Waals surface area contributed by atoms with E-state index in [1.807, 2.05) is 0 Å². The van der Waals surface area contributed by atoms with Crippen molar-refractivity contribution < 1.29 is 17.4 Å². The molecule has 0 aromatic rings. The van der Waals surface area contributed by atoms with Crippen LogP contribution in [0.25, 0.3) is 0 Å². The third kappa shape index (κ3) is 32.7. The van der Waals surface area contributed by atoms with E-state index in [0.29, 0.717) is 0 Å². The molecule has 3 saturated heterocycles. The minimum absolute atomic E-state index is 0. The zero-order valence-corrected chi connectivity index (χ0v) is 21.8. The monoisotopic (exact) mass is 550 g/mol. The molecule has 3 rings (SSSR count). The molecule has 0 radical (unpaired) electrons. The second-order valence-electron chi connectivity index (χ2n) is 8.03. The molecule has 0 amide bonds. The van der Waals surface area contributed by atoms with Gasteiger partial charge in [0.1, 0.15) is 0 Å². The highest BCUT2D eigenvalue weighted by Gasteiger charge is 2.28. The molecular weight excluding hydrogens is 477 g/mol. The van der Waals surface area contributed by atoms with Crippen LogP contribution < -0.4 is 0 Å². The van der Waals surface area contributed by atoms with Gasteiger partial charge in [-0.05, 0) is 70.1 Å². The van der Waals surface area contributed by atoms with E-state index < -0.39 is 35.7 Å². The molecule has 0 spiro atoms. The van der Waals surface area contributed by atoms with E-state index in [0.717, 1.165) is 19.8 Å². The van der Waals surface area contributed by atoms with E-state index in [9.17, 15) is 0 Å². The molecule has 0 aromatic carbocycles. The van der Waals surface area contributed by atoms with Crippen molar-refractivity contribution in [3.05, 3.63) is 0 Å². The summed E-state index contributed by atoms with van der Waals surface area (Å²) in [7, 11) is -3.72. The topological polar surface area (TPSA) is 36.9 Å². The van der Waals surface area contributed by atoms with Crippen molar-refractivity contribution in [3.8, 4) is 0 Å². The Bertz CT molecular complexity index is 310. The summed E-state index contributed by atoms with van der Waals surface area (Å²) in [5, 5.41) is 0. The van der Waals surface area contributed by atoms with Crippen LogP contribution in [0, 0.1) is 0 Å². The number of hydrogen-bond acceptors (Lipinski definition) is 4. The first-order chi connectivity index (χ1) is 11.9. The molecule has 214 valence electrons. The van der Waals surface area contributed by atoms with E-state index in [1.165, 1.54) is 56.7 Å². The molecule has 0 aliphatic carbocycles. The maximum Gasteiger partial charge on any atom is 0.321 e. The molecule has 3 unspecified atom stereocenters. The van der Waals surface area contributed by atoms with Gasteiger partial charge in [-0.1, -0.05) is 78.7 Å². The van der Waals surface area contributed by atoms with Crippen LogP contribution in [0.2, 0.25) is 50.9 Å². The summed E-state index contributed by atoms with van der Waals surface area (Å²) in [6.45, 7) is 14.2. The Morgan fingerprint density at radius 2 is 0.818 bits per heavy atom. The second-order valence-corrected chi connectivity index (χ2v) is 19.3. The first-order valence-corrected chi connectivity index (χ1v) is 20.6. The first-order valence-electron chi connectivity index (χ1n) is 10.4. The van der Waals surface area contributed by atoms with Crippen molar-refractivity contribution >= 4 is 35.7 Å². The molecule has 8 heteroatoms. The van der Waals surface area contributed by atoms with Gasteiger partial charge in [-0.15, -0.1) is 0 Å². The van der Waals surface area contributed by atoms with Crippen LogP contribution in [0.15, 0.2) is 0 Å². The van der Waals surface area contributed by atoms with Crippen LogP contribution >= 0.6 is 0 Å². The Kier molecular flexibility index (Phi) is 54.1. The average Bonchev–Trinajstić information content (AvgIpc) is 2.55. The largest absolute Gasteiger partial charge is 0.439 e. The molecule has 3 aliphatic heterocycles. The van der Waals surface area contributed by atoms with E-state index in [1.54, 1.807) is 0 Å². The Balaban J connectivity index is -0.0000000433. The van der Waals surface area contributed by atoms with Crippen molar-refractivity contribution in [2.45, 2.75) is 149 Å². The molecule has 0 aromatic heterocycles. The third-order valence-corrected chi connectivity index (χ3v) is 14.8. The van der Waals surface area contributed by atoms with E-state index in [-0.39, 0.29) is 59.4 Å². The highest BCUT2D eigenvalue weighted by Crippen LogP contribution is 2.16. The smallest absolute Gasteiger partial charge is 0.321 e. The van der Waals surface area contributed by atoms with Gasteiger partial charge in [-0.2, -0.15) is 0 Å². The lowest BCUT2D eigenvalue weighted by atomic mass is 10.4. The second kappa shape index (κ2) is 32.7. The lowest BCUT2D eigenvalue weighted by Gasteiger charge is -2.29. The fourth-order valence-electron chi connectivity index (χ4n) is 3.23. The summed E-state index contributed by atoms with van der Waals surface area (Å²) >= 11 is 0. The summed E-state index contributed by atoms with van der Waals surface area (Å²) in [6, 6.07) is 4.14. The minimum atomic E-state index is -1.67. The predicted octanol–water partition coefficient (Wildman–Crippen LogP) is 9.26. The van der Waals surface area contributed by atoms with Gasteiger partial charge in [-0.25, -0.2) is 0 Å². The van der Waals surface area contributed by atoms with Crippen molar-refractivity contribution in [2.75, 3.05) is 19.8 Å². The number of hydrogen-bond donors (Lipinski definition) is 0. The van der Waals surface area contributed by atoms with Crippen molar-refractivity contribution in [1.82, 2.24) is 0 Å². The van der Waals surface area contributed by atoms with Crippen molar-refractivity contribution in [1.29, 1.82) is 0 Å². The molecule has 0 saturated carbocycles. The zero-order valence-electron chi connectivity index (χ0n) is 17.4. The third-order valence-electron chi connectivity index (χ3n) is 4.75. The molecule has 4 nitrogen and oxygen atoms in total. The zero-order chi connectivity index (χ0) is 18.5. The standard InChI is InChI=1S/C7H18O2Si2.2C5H12OSi.8CH4/c1-10-7-5-4-6-8-11(2,3)9-10;2*1-7-5-3-2-4-6-7;;;;;;;;/h10H,4-7H2,1-3H3;2*7H,2-5H2,1H3;8*1H4. The average molecular weight is 551 g/mol. The van der Waals surface area contributed by atoms with Crippen LogP contribution in [0.1, 0.15) is 97.9 Å². The fraction of sp³-hybridized carbons (Fsp3) is 1.00. The van der Waals surface area contributed by atoms with Crippen LogP contribution in [-0.2, 0) is 17.4 Å². The lowest BCUT2D eigenvalue weighted by Crippen LogP contribution is -2.41. The highest BCUT2D eigenvalue weighted by atomic mass is 28.4. The summed E-state index contributed by atoms with van der Waals surface area (Å²) in [5.74, 6) is 0. The van der Waals surface area contributed by atoms with Crippen molar-refractivity contribution in [2.24, 2.45) is 0 Å². The van der Waals surface area contributed by atoms with E-state index >= 15 is 0 Å². The van der Waals surface area contributed by atoms with Crippen LogP contribution in [0.3, 0.4) is 0 Å². The SMILES string of the molecule is C.C.C.C.C.C.C.C.C[SiH]1CCCCO1.C[SiH]1CCCCO1.C[SiH]1CCCCO[Si](C)(C)O1. The summed E-state index contributed by atoms with van der Waals surface area (Å²) in [6.07, 6.45) is 7.99. The molecule has 0 N–H and O–H groups in total. The Hall–Kier alpha value is 0.708. The van der Waals surface area contributed by atoms with Gasteiger partial charge >= 0.3 is 8.56 Å². The maximum atomic E-state index is 5.93. The Labute approximate surface area is 221 Å². The molecule has 3 heterocycles. The first kappa shape index (κ1) is 54.6. The van der Waals surface area contributed by atoms with E-state index in [4.69, 9.17) is 17.4 Å². The summed E-state index contributed by atoms with van der Waals surface area (Å²) < 4.78 is 22.5. The predicted molar refractivity (Wildman–Crippen MR) is 171 cm³/mol. The molecule has 3 aliphatic rings. The van der Waals surface area contributed by atoms with Crippen LogP contribution in [0.4, 0.5) is 0 Å². The van der Waals surface area contributed by atoms with Gasteiger partial charge < -0.3 is 17.4 Å². The van der Waals surface area contributed by atoms with Crippen LogP contribution in [0.5, 0.6) is 0 Å². The molecule has 3 atom stereocenters. The fourth-order valence-corrected chi connectivity index (χ4v) is 12.6.